The second-order valence-electron chi connectivity index (χ2n) is 5.97. The summed E-state index contributed by atoms with van der Waals surface area (Å²) in [5.41, 5.74) is 0. The normalized spacial score (nSPS) is 28.5. The van der Waals surface area contributed by atoms with Gasteiger partial charge in [-0.1, -0.05) is 34.1 Å². The van der Waals surface area contributed by atoms with E-state index in [0.29, 0.717) is 5.92 Å². The first kappa shape index (κ1) is 14.5. The van der Waals surface area contributed by atoms with Crippen LogP contribution >= 0.6 is 0 Å². The predicted molar refractivity (Wildman–Crippen MR) is 70.7 cm³/mol. The lowest BCUT2D eigenvalue weighted by atomic mass is 9.89. The van der Waals surface area contributed by atoms with Crippen LogP contribution in [0.3, 0.4) is 0 Å². The van der Waals surface area contributed by atoms with Gasteiger partial charge < -0.3 is 4.74 Å². The van der Waals surface area contributed by atoms with Crippen molar-refractivity contribution in [2.45, 2.75) is 72.3 Å². The van der Waals surface area contributed by atoms with Crippen molar-refractivity contribution in [2.75, 3.05) is 0 Å². The molecule has 100 valence electrons. The monoisotopic (exact) mass is 240 g/mol. The minimum absolute atomic E-state index is 0.0184. The van der Waals surface area contributed by atoms with Crippen LogP contribution in [-0.4, -0.2) is 12.1 Å². The Balaban J connectivity index is 2.28. The van der Waals surface area contributed by atoms with E-state index in [1.807, 2.05) is 6.92 Å². The number of hydrogen-bond acceptors (Lipinski definition) is 2. The molecular formula is C15H28O2. The number of rotatable bonds is 5. The van der Waals surface area contributed by atoms with E-state index in [-0.39, 0.29) is 18.0 Å². The number of esters is 1. The maximum absolute atomic E-state index is 11.9. The summed E-state index contributed by atoms with van der Waals surface area (Å²) in [4.78, 5) is 11.9. The molecule has 0 spiro atoms. The highest BCUT2D eigenvalue weighted by atomic mass is 16.5. The standard InChI is InChI=1S/C15H28O2/c1-5-11(2)10-13(4)15(16)17-14-8-6-12(3)7-9-14/h11-14H,5-10H2,1-4H3. The van der Waals surface area contributed by atoms with Gasteiger partial charge in [0.2, 0.25) is 0 Å². The first-order valence-corrected chi connectivity index (χ1v) is 7.23. The van der Waals surface area contributed by atoms with Gasteiger partial charge in [-0.2, -0.15) is 0 Å². The van der Waals surface area contributed by atoms with Crippen LogP contribution < -0.4 is 0 Å². The highest BCUT2D eigenvalue weighted by Gasteiger charge is 2.24. The SMILES string of the molecule is CCC(C)CC(C)C(=O)OC1CCC(C)CC1. The van der Waals surface area contributed by atoms with Crippen LogP contribution in [0.15, 0.2) is 0 Å². The van der Waals surface area contributed by atoms with Crippen molar-refractivity contribution in [1.82, 2.24) is 0 Å². The fourth-order valence-electron chi connectivity index (χ4n) is 2.49. The van der Waals surface area contributed by atoms with E-state index >= 15 is 0 Å². The van der Waals surface area contributed by atoms with Crippen molar-refractivity contribution >= 4 is 5.97 Å². The first-order chi connectivity index (χ1) is 8.02. The van der Waals surface area contributed by atoms with E-state index in [1.165, 1.54) is 12.8 Å². The summed E-state index contributed by atoms with van der Waals surface area (Å²) in [6, 6.07) is 0. The van der Waals surface area contributed by atoms with Gasteiger partial charge in [0.1, 0.15) is 6.10 Å². The van der Waals surface area contributed by atoms with E-state index in [0.717, 1.165) is 31.6 Å². The number of ether oxygens (including phenoxy) is 1. The van der Waals surface area contributed by atoms with Crippen LogP contribution in [0.2, 0.25) is 0 Å². The average molecular weight is 240 g/mol. The van der Waals surface area contributed by atoms with Gasteiger partial charge in [0, 0.05) is 0 Å². The van der Waals surface area contributed by atoms with Gasteiger partial charge in [-0.05, 0) is 43.9 Å². The zero-order valence-electron chi connectivity index (χ0n) is 11.9. The molecule has 1 rings (SSSR count). The highest BCUT2D eigenvalue weighted by molar-refractivity contribution is 5.72. The predicted octanol–water partition coefficient (Wildman–Crippen LogP) is 4.18. The molecule has 0 aromatic rings. The van der Waals surface area contributed by atoms with E-state index in [9.17, 15) is 4.79 Å². The molecule has 0 aliphatic heterocycles. The summed E-state index contributed by atoms with van der Waals surface area (Å²) in [7, 11) is 0. The third-order valence-corrected chi connectivity index (χ3v) is 4.10. The van der Waals surface area contributed by atoms with Crippen molar-refractivity contribution in [3.05, 3.63) is 0 Å². The molecule has 0 bridgehead atoms. The van der Waals surface area contributed by atoms with Gasteiger partial charge in [-0.3, -0.25) is 4.79 Å². The molecule has 0 heterocycles. The smallest absolute Gasteiger partial charge is 0.308 e. The molecule has 0 aromatic heterocycles. The summed E-state index contributed by atoms with van der Waals surface area (Å²) >= 11 is 0. The maximum atomic E-state index is 11.9. The van der Waals surface area contributed by atoms with Crippen molar-refractivity contribution in [3.63, 3.8) is 0 Å². The Morgan fingerprint density at radius 3 is 2.35 bits per heavy atom. The molecule has 1 aliphatic carbocycles. The van der Waals surface area contributed by atoms with E-state index in [4.69, 9.17) is 4.74 Å². The Morgan fingerprint density at radius 1 is 1.24 bits per heavy atom. The van der Waals surface area contributed by atoms with Gasteiger partial charge in [-0.25, -0.2) is 0 Å². The van der Waals surface area contributed by atoms with Crippen LogP contribution in [0.5, 0.6) is 0 Å². The molecule has 2 heteroatoms. The zero-order chi connectivity index (χ0) is 12.8. The van der Waals surface area contributed by atoms with E-state index in [2.05, 4.69) is 20.8 Å². The maximum Gasteiger partial charge on any atom is 0.308 e. The lowest BCUT2D eigenvalue weighted by Gasteiger charge is -2.27. The highest BCUT2D eigenvalue weighted by Crippen LogP contribution is 2.26. The van der Waals surface area contributed by atoms with Crippen LogP contribution in [0.25, 0.3) is 0 Å². The third kappa shape index (κ3) is 5.10. The van der Waals surface area contributed by atoms with Gasteiger partial charge in [-0.15, -0.1) is 0 Å². The van der Waals surface area contributed by atoms with Gasteiger partial charge >= 0.3 is 5.97 Å². The summed E-state index contributed by atoms with van der Waals surface area (Å²) < 4.78 is 5.61. The molecule has 1 aliphatic rings. The minimum atomic E-state index is 0.0184. The van der Waals surface area contributed by atoms with E-state index < -0.39 is 0 Å². The van der Waals surface area contributed by atoms with E-state index in [1.54, 1.807) is 0 Å². The van der Waals surface area contributed by atoms with Crippen molar-refractivity contribution in [1.29, 1.82) is 0 Å². The van der Waals surface area contributed by atoms with Gasteiger partial charge in [0.15, 0.2) is 0 Å². The number of carbonyl (C=O) groups excluding carboxylic acids is 1. The fraction of sp³-hybridized carbons (Fsp3) is 0.933. The molecular weight excluding hydrogens is 212 g/mol. The Bertz CT molecular complexity index is 229. The quantitative estimate of drug-likeness (QED) is 0.674. The molecule has 0 saturated heterocycles. The van der Waals surface area contributed by atoms with Gasteiger partial charge in [0.25, 0.3) is 0 Å². The second-order valence-corrected chi connectivity index (χ2v) is 5.97. The first-order valence-electron chi connectivity index (χ1n) is 7.23. The summed E-state index contributed by atoms with van der Waals surface area (Å²) in [6.45, 7) is 8.65. The minimum Gasteiger partial charge on any atom is -0.462 e. The summed E-state index contributed by atoms with van der Waals surface area (Å²) in [6.07, 6.45) is 6.82. The Morgan fingerprint density at radius 2 is 1.82 bits per heavy atom. The van der Waals surface area contributed by atoms with Crippen LogP contribution in [0, 0.1) is 17.8 Å². The van der Waals surface area contributed by atoms with Gasteiger partial charge in [0.05, 0.1) is 5.92 Å². The number of hydrogen-bond donors (Lipinski definition) is 0. The summed E-state index contributed by atoms with van der Waals surface area (Å²) in [5, 5.41) is 0. The molecule has 0 radical (unpaired) electrons. The molecule has 17 heavy (non-hydrogen) atoms. The van der Waals surface area contributed by atoms with Crippen LogP contribution in [0.1, 0.15) is 66.2 Å². The van der Waals surface area contributed by atoms with Crippen LogP contribution in [-0.2, 0) is 9.53 Å². The molecule has 0 amide bonds. The third-order valence-electron chi connectivity index (χ3n) is 4.10. The lowest BCUT2D eigenvalue weighted by molar-refractivity contribution is -0.155. The van der Waals surface area contributed by atoms with Crippen molar-refractivity contribution in [2.24, 2.45) is 17.8 Å². The molecule has 0 aromatic carbocycles. The summed E-state index contributed by atoms with van der Waals surface area (Å²) in [5.74, 6) is 1.50. The lowest BCUT2D eigenvalue weighted by Crippen LogP contribution is -2.27. The molecule has 0 N–H and O–H groups in total. The zero-order valence-corrected chi connectivity index (χ0v) is 11.9. The molecule has 2 unspecified atom stereocenters. The molecule has 1 saturated carbocycles. The molecule has 1 fully saturated rings. The fourth-order valence-corrected chi connectivity index (χ4v) is 2.49. The second kappa shape index (κ2) is 7.03. The Labute approximate surface area is 106 Å². The average Bonchev–Trinajstić information content (AvgIpc) is 2.31. The number of carbonyl (C=O) groups is 1. The van der Waals surface area contributed by atoms with Crippen molar-refractivity contribution in [3.8, 4) is 0 Å². The Kier molecular flexibility index (Phi) is 6.01. The Hall–Kier alpha value is -0.530. The van der Waals surface area contributed by atoms with Crippen molar-refractivity contribution < 1.29 is 9.53 Å². The largest absolute Gasteiger partial charge is 0.462 e. The molecule has 2 nitrogen and oxygen atoms in total. The van der Waals surface area contributed by atoms with Crippen LogP contribution in [0.4, 0.5) is 0 Å². The topological polar surface area (TPSA) is 26.3 Å². The molecule has 2 atom stereocenters.